The Morgan fingerprint density at radius 1 is 1.44 bits per heavy atom. The lowest BCUT2D eigenvalue weighted by molar-refractivity contribution is -0.0282. The molecule has 1 aliphatic heterocycles. The van der Waals surface area contributed by atoms with E-state index in [9.17, 15) is 0 Å². The smallest absolute Gasteiger partial charge is 0.0865 e. The van der Waals surface area contributed by atoms with E-state index in [1.54, 1.807) is 0 Å². The lowest BCUT2D eigenvalue weighted by Crippen LogP contribution is -2.35. The summed E-state index contributed by atoms with van der Waals surface area (Å²) in [5.74, 6) is 0.541. The minimum absolute atomic E-state index is 0.184. The molecule has 2 rings (SSSR count). The van der Waals surface area contributed by atoms with Crippen LogP contribution in [0.4, 0.5) is 0 Å². The monoisotopic (exact) mass is 267 g/mol. The van der Waals surface area contributed by atoms with Gasteiger partial charge in [-0.1, -0.05) is 37.6 Å². The van der Waals surface area contributed by atoms with E-state index in [4.69, 9.17) is 16.3 Å². The van der Waals surface area contributed by atoms with Crippen molar-refractivity contribution >= 4 is 11.6 Å². The molecule has 0 radical (unpaired) electrons. The highest BCUT2D eigenvalue weighted by molar-refractivity contribution is 6.30. The average molecular weight is 268 g/mol. The Morgan fingerprint density at radius 3 is 3.00 bits per heavy atom. The zero-order valence-electron chi connectivity index (χ0n) is 11.2. The highest BCUT2D eigenvalue weighted by Crippen LogP contribution is 2.34. The van der Waals surface area contributed by atoms with Gasteiger partial charge in [0, 0.05) is 30.1 Å². The summed E-state index contributed by atoms with van der Waals surface area (Å²) < 4.78 is 5.97. The van der Waals surface area contributed by atoms with E-state index in [0.717, 1.165) is 24.6 Å². The molecule has 18 heavy (non-hydrogen) atoms. The van der Waals surface area contributed by atoms with Crippen LogP contribution in [0.15, 0.2) is 24.3 Å². The maximum Gasteiger partial charge on any atom is 0.0865 e. The van der Waals surface area contributed by atoms with Gasteiger partial charge in [-0.3, -0.25) is 0 Å². The van der Waals surface area contributed by atoms with Gasteiger partial charge >= 0.3 is 0 Å². The predicted molar refractivity (Wildman–Crippen MR) is 76.0 cm³/mol. The molecule has 1 fully saturated rings. The quantitative estimate of drug-likeness (QED) is 0.896. The first-order valence-electron chi connectivity index (χ1n) is 6.77. The van der Waals surface area contributed by atoms with Gasteiger partial charge in [0.25, 0.3) is 0 Å². The molecule has 1 saturated heterocycles. The van der Waals surface area contributed by atoms with Crippen molar-refractivity contribution in [3.05, 3.63) is 34.9 Å². The van der Waals surface area contributed by atoms with Crippen LogP contribution >= 0.6 is 11.6 Å². The summed E-state index contributed by atoms with van der Waals surface area (Å²) in [6, 6.07) is 8.58. The molecule has 100 valence electrons. The van der Waals surface area contributed by atoms with Gasteiger partial charge in [-0.2, -0.15) is 0 Å². The average Bonchev–Trinajstić information content (AvgIpc) is 2.36. The maximum absolute atomic E-state index is 6.07. The van der Waals surface area contributed by atoms with Gasteiger partial charge in [-0.15, -0.1) is 0 Å². The first-order valence-corrected chi connectivity index (χ1v) is 7.15. The van der Waals surface area contributed by atoms with Crippen molar-refractivity contribution in [2.24, 2.45) is 5.92 Å². The van der Waals surface area contributed by atoms with Crippen LogP contribution in [0.3, 0.4) is 0 Å². The van der Waals surface area contributed by atoms with E-state index in [1.807, 2.05) is 18.2 Å². The second kappa shape index (κ2) is 6.55. The van der Waals surface area contributed by atoms with Gasteiger partial charge in [0.2, 0.25) is 0 Å². The Morgan fingerprint density at radius 2 is 2.28 bits per heavy atom. The zero-order chi connectivity index (χ0) is 13.0. The van der Waals surface area contributed by atoms with Crippen LogP contribution in [0.2, 0.25) is 5.02 Å². The number of hydrogen-bond acceptors (Lipinski definition) is 2. The molecule has 0 amide bonds. The van der Waals surface area contributed by atoms with Gasteiger partial charge in [-0.05, 0) is 30.5 Å². The third-order valence-electron chi connectivity index (χ3n) is 3.41. The molecule has 1 aliphatic rings. The van der Waals surface area contributed by atoms with Gasteiger partial charge in [0.05, 0.1) is 6.10 Å². The summed E-state index contributed by atoms with van der Waals surface area (Å²) in [4.78, 5) is 0. The summed E-state index contributed by atoms with van der Waals surface area (Å²) in [7, 11) is 0. The second-order valence-corrected chi connectivity index (χ2v) is 5.75. The summed E-state index contributed by atoms with van der Waals surface area (Å²) in [6.45, 7) is 6.22. The molecule has 2 nitrogen and oxygen atoms in total. The normalized spacial score (nSPS) is 24.4. The van der Waals surface area contributed by atoms with Gasteiger partial charge in [-0.25, -0.2) is 0 Å². The van der Waals surface area contributed by atoms with Crippen LogP contribution in [0, 0.1) is 5.92 Å². The summed E-state index contributed by atoms with van der Waals surface area (Å²) >= 11 is 6.07. The van der Waals surface area contributed by atoms with Crippen LogP contribution in [-0.4, -0.2) is 19.2 Å². The molecular weight excluding hydrogens is 246 g/mol. The maximum atomic E-state index is 6.07. The molecule has 0 aromatic heterocycles. The zero-order valence-corrected chi connectivity index (χ0v) is 11.9. The largest absolute Gasteiger partial charge is 0.373 e. The molecule has 0 bridgehead atoms. The van der Waals surface area contributed by atoms with Gasteiger partial charge in [0.1, 0.15) is 0 Å². The Balaban J connectivity index is 2.07. The molecule has 1 heterocycles. The summed E-state index contributed by atoms with van der Waals surface area (Å²) in [6.07, 6.45) is 2.56. The minimum atomic E-state index is 0.184. The third kappa shape index (κ3) is 3.71. The van der Waals surface area contributed by atoms with E-state index >= 15 is 0 Å². The molecule has 2 atom stereocenters. The van der Waals surface area contributed by atoms with Gasteiger partial charge in [0.15, 0.2) is 0 Å². The highest BCUT2D eigenvalue weighted by Gasteiger charge is 2.27. The Labute approximate surface area is 115 Å². The number of rotatable bonds is 4. The number of hydrogen-bond donors (Lipinski definition) is 1. The van der Waals surface area contributed by atoms with Crippen LogP contribution in [0.5, 0.6) is 0 Å². The van der Waals surface area contributed by atoms with Crippen molar-refractivity contribution < 1.29 is 4.74 Å². The summed E-state index contributed by atoms with van der Waals surface area (Å²) in [5.41, 5.74) is 1.21. The predicted octanol–water partition coefficient (Wildman–Crippen LogP) is 3.81. The molecule has 0 saturated carbocycles. The standard InChI is InChI=1S/C15H22ClNO/c1-11(2)17-10-13-6-4-8-18-15(13)12-5-3-7-14(16)9-12/h3,5,7,9,11,13,15,17H,4,6,8,10H2,1-2H3. The van der Waals surface area contributed by atoms with Crippen LogP contribution in [-0.2, 0) is 4.74 Å². The van der Waals surface area contributed by atoms with E-state index in [-0.39, 0.29) is 6.10 Å². The van der Waals surface area contributed by atoms with Crippen molar-refractivity contribution in [1.29, 1.82) is 0 Å². The van der Waals surface area contributed by atoms with E-state index < -0.39 is 0 Å². The first-order chi connectivity index (χ1) is 8.66. The fraction of sp³-hybridized carbons (Fsp3) is 0.600. The van der Waals surface area contributed by atoms with Crippen LogP contribution in [0.25, 0.3) is 0 Å². The number of halogens is 1. The van der Waals surface area contributed by atoms with Crippen molar-refractivity contribution in [3.63, 3.8) is 0 Å². The molecule has 1 N–H and O–H groups in total. The highest BCUT2D eigenvalue weighted by atomic mass is 35.5. The molecule has 1 aromatic carbocycles. The molecule has 2 unspecified atom stereocenters. The third-order valence-corrected chi connectivity index (χ3v) is 3.65. The Kier molecular flexibility index (Phi) is 5.04. The fourth-order valence-electron chi connectivity index (χ4n) is 2.49. The van der Waals surface area contributed by atoms with E-state index in [2.05, 4.69) is 25.2 Å². The molecular formula is C15H22ClNO. The van der Waals surface area contributed by atoms with Crippen molar-refractivity contribution in [2.75, 3.05) is 13.2 Å². The molecule has 1 aromatic rings. The van der Waals surface area contributed by atoms with Crippen LogP contribution < -0.4 is 5.32 Å². The molecule has 3 heteroatoms. The second-order valence-electron chi connectivity index (χ2n) is 5.31. The van der Waals surface area contributed by atoms with E-state index in [0.29, 0.717) is 12.0 Å². The van der Waals surface area contributed by atoms with Crippen molar-refractivity contribution in [1.82, 2.24) is 5.32 Å². The Hall–Kier alpha value is -0.570. The lowest BCUT2D eigenvalue weighted by Gasteiger charge is -2.33. The van der Waals surface area contributed by atoms with E-state index in [1.165, 1.54) is 12.0 Å². The molecule has 0 spiro atoms. The fourth-order valence-corrected chi connectivity index (χ4v) is 2.69. The number of benzene rings is 1. The van der Waals surface area contributed by atoms with Crippen molar-refractivity contribution in [3.8, 4) is 0 Å². The molecule has 0 aliphatic carbocycles. The SMILES string of the molecule is CC(C)NCC1CCCOC1c1cccc(Cl)c1. The lowest BCUT2D eigenvalue weighted by atomic mass is 9.89. The van der Waals surface area contributed by atoms with Crippen molar-refractivity contribution in [2.45, 2.75) is 38.8 Å². The first kappa shape index (κ1) is 13.9. The number of nitrogens with one attached hydrogen (secondary N) is 1. The summed E-state index contributed by atoms with van der Waals surface area (Å²) in [5, 5.41) is 4.31. The Bertz CT molecular complexity index is 381. The van der Waals surface area contributed by atoms with Gasteiger partial charge < -0.3 is 10.1 Å². The number of ether oxygens (including phenoxy) is 1. The van der Waals surface area contributed by atoms with Crippen LogP contribution in [0.1, 0.15) is 38.4 Å². The minimum Gasteiger partial charge on any atom is -0.373 e. The topological polar surface area (TPSA) is 21.3 Å².